The molecule has 0 aliphatic carbocycles. The van der Waals surface area contributed by atoms with Crippen molar-refractivity contribution in [1.29, 1.82) is 0 Å². The predicted molar refractivity (Wildman–Crippen MR) is 521 cm³/mol. The molecule has 12 heteroatoms. The minimum Gasteiger partial charge on any atom is -0.456 e. The molecule has 11 aromatic heterocycles. The molecule has 19 aromatic carbocycles. The van der Waals surface area contributed by atoms with Crippen LogP contribution in [0.5, 0.6) is 0 Å². The van der Waals surface area contributed by atoms with E-state index in [0.29, 0.717) is 5.82 Å². The first kappa shape index (κ1) is 68.1. The van der Waals surface area contributed by atoms with E-state index in [1.807, 2.05) is 48.5 Å². The normalized spacial score (nSPS) is 12.5. The molecule has 30 rings (SSSR count). The molecule has 11 heterocycles. The molecule has 0 amide bonds. The van der Waals surface area contributed by atoms with Gasteiger partial charge < -0.3 is 44.6 Å². The van der Waals surface area contributed by atoms with Crippen LogP contribution in [0.15, 0.2) is 401 Å². The third-order valence-electron chi connectivity index (χ3n) is 27.2. The molecule has 128 heavy (non-hydrogen) atoms. The molecule has 0 aliphatic heterocycles. The SMILES string of the molecule is c1ccc(-c2ccc(-n3c4cc(-c5ccc6oc7c(c6c5)c5c6ccccc6oc5c5c6ccc(-c8ccc9oc%10c(c9c8)c8c9ccccc9oc8c8c9ccccc9n(-c9ccc(-c%11nc(-c%12ccccc%12)c%12ccccc%12n%11)cc9)c%108)cc6n(-c6ccc8oc9ccccc9c8c6)c75)ccc4c4c5oc6ccccc6c5c5c6ccccc6oc5c43)cc2)cc1. The first-order chi connectivity index (χ1) is 63.5. The van der Waals surface area contributed by atoms with Gasteiger partial charge in [0.2, 0.25) is 0 Å². The molecule has 0 fully saturated rings. The second-order valence-corrected chi connectivity index (χ2v) is 33.9. The lowest BCUT2D eigenvalue weighted by molar-refractivity contribution is 0.667. The van der Waals surface area contributed by atoms with Gasteiger partial charge >= 0.3 is 0 Å². The fourth-order valence-electron chi connectivity index (χ4n) is 21.6. The lowest BCUT2D eigenvalue weighted by Crippen LogP contribution is -1.97. The molecule has 0 unspecified atom stereocenters. The fourth-order valence-corrected chi connectivity index (χ4v) is 21.6. The number of furan rings is 7. The van der Waals surface area contributed by atoms with Crippen LogP contribution in [-0.2, 0) is 0 Å². The summed E-state index contributed by atoms with van der Waals surface area (Å²) in [5.74, 6) is 0.648. The number of aromatic nitrogens is 5. The minimum atomic E-state index is 0.648. The molecular weight excluding hydrogens is 1580 g/mol. The number of benzene rings is 19. The first-order valence-electron chi connectivity index (χ1n) is 43.2. The Morgan fingerprint density at radius 3 is 1.02 bits per heavy atom. The first-order valence-corrected chi connectivity index (χ1v) is 43.2. The van der Waals surface area contributed by atoms with Gasteiger partial charge in [0.15, 0.2) is 22.6 Å². The molecule has 592 valence electrons. The van der Waals surface area contributed by atoms with E-state index in [4.69, 9.17) is 40.9 Å². The van der Waals surface area contributed by atoms with Crippen LogP contribution < -0.4 is 0 Å². The van der Waals surface area contributed by atoms with Crippen molar-refractivity contribution in [2.24, 2.45) is 0 Å². The van der Waals surface area contributed by atoms with Crippen LogP contribution in [0, 0.1) is 0 Å². The molecular formula is C116H61N5O7. The Bertz CT molecular complexity index is 10200. The van der Waals surface area contributed by atoms with Gasteiger partial charge in [-0.25, -0.2) is 9.97 Å². The zero-order valence-electron chi connectivity index (χ0n) is 67.8. The van der Waals surface area contributed by atoms with E-state index < -0.39 is 0 Å². The highest BCUT2D eigenvalue weighted by atomic mass is 16.4. The Labute approximate surface area is 722 Å². The van der Waals surface area contributed by atoms with Gasteiger partial charge in [0, 0.05) is 125 Å². The van der Waals surface area contributed by atoms with Crippen LogP contribution in [0.4, 0.5) is 0 Å². The van der Waals surface area contributed by atoms with E-state index in [0.717, 1.165) is 297 Å². The number of fused-ring (bicyclic) bond motifs is 40. The van der Waals surface area contributed by atoms with Gasteiger partial charge in [0.25, 0.3) is 0 Å². The second kappa shape index (κ2) is 25.1. The molecule has 12 nitrogen and oxygen atoms in total. The molecule has 0 saturated carbocycles. The molecule has 30 aromatic rings. The zero-order chi connectivity index (χ0) is 83.0. The molecule has 0 spiro atoms. The van der Waals surface area contributed by atoms with Crippen LogP contribution in [-0.4, -0.2) is 23.7 Å². The van der Waals surface area contributed by atoms with E-state index >= 15 is 0 Å². The van der Waals surface area contributed by atoms with E-state index in [1.165, 1.54) is 0 Å². The Kier molecular flexibility index (Phi) is 13.4. The summed E-state index contributed by atoms with van der Waals surface area (Å²) in [6, 6.07) is 131. The number of para-hydroxylation sites is 7. The monoisotopic (exact) mass is 1640 g/mol. The molecule has 0 atom stereocenters. The number of hydrogen-bond acceptors (Lipinski definition) is 9. The maximum Gasteiger partial charge on any atom is 0.160 e. The van der Waals surface area contributed by atoms with Crippen molar-refractivity contribution < 1.29 is 30.9 Å². The number of hydrogen-bond donors (Lipinski definition) is 0. The second-order valence-electron chi connectivity index (χ2n) is 33.9. The van der Waals surface area contributed by atoms with E-state index in [-0.39, 0.29) is 0 Å². The fraction of sp³-hybridized carbons (Fsp3) is 0. The van der Waals surface area contributed by atoms with Crippen LogP contribution in [0.1, 0.15) is 0 Å². The lowest BCUT2D eigenvalue weighted by atomic mass is 9.97. The van der Waals surface area contributed by atoms with Crippen molar-refractivity contribution in [2.75, 3.05) is 0 Å². The summed E-state index contributed by atoms with van der Waals surface area (Å²) in [4.78, 5) is 10.4. The Hall–Kier alpha value is -17.5. The van der Waals surface area contributed by atoms with Gasteiger partial charge in [-0.15, -0.1) is 0 Å². The largest absolute Gasteiger partial charge is 0.456 e. The van der Waals surface area contributed by atoms with Crippen LogP contribution in [0.2, 0.25) is 0 Å². The van der Waals surface area contributed by atoms with Crippen molar-refractivity contribution in [2.45, 2.75) is 0 Å². The van der Waals surface area contributed by atoms with E-state index in [1.54, 1.807) is 0 Å². The van der Waals surface area contributed by atoms with Crippen molar-refractivity contribution in [3.05, 3.63) is 370 Å². The summed E-state index contributed by atoms with van der Waals surface area (Å²) in [5, 5.41) is 21.0. The average Bonchev–Trinajstić information content (AvgIpc) is 1.53. The van der Waals surface area contributed by atoms with Gasteiger partial charge in [-0.05, 0) is 167 Å². The molecule has 0 aliphatic rings. The molecule has 0 radical (unpaired) electrons. The predicted octanol–water partition coefficient (Wildman–Crippen LogP) is 32.6. The van der Waals surface area contributed by atoms with Crippen LogP contribution in [0.25, 0.3) is 303 Å². The Morgan fingerprint density at radius 1 is 0.172 bits per heavy atom. The summed E-state index contributed by atoms with van der Waals surface area (Å²) in [7, 11) is 0. The summed E-state index contributed by atoms with van der Waals surface area (Å²) >= 11 is 0. The van der Waals surface area contributed by atoms with Crippen molar-refractivity contribution in [1.82, 2.24) is 23.7 Å². The highest BCUT2D eigenvalue weighted by Gasteiger charge is 2.33. The Morgan fingerprint density at radius 2 is 0.500 bits per heavy atom. The third-order valence-corrected chi connectivity index (χ3v) is 27.2. The van der Waals surface area contributed by atoms with Gasteiger partial charge in [-0.3, -0.25) is 0 Å². The maximum absolute atomic E-state index is 7.64. The van der Waals surface area contributed by atoms with Crippen LogP contribution >= 0.6 is 0 Å². The van der Waals surface area contributed by atoms with E-state index in [2.05, 4.69) is 335 Å². The van der Waals surface area contributed by atoms with Crippen LogP contribution in [0.3, 0.4) is 0 Å². The van der Waals surface area contributed by atoms with E-state index in [9.17, 15) is 0 Å². The number of nitrogens with zero attached hydrogens (tertiary/aromatic N) is 5. The Balaban J connectivity index is 0.637. The molecule has 0 N–H and O–H groups in total. The third kappa shape index (κ3) is 9.24. The molecule has 0 saturated heterocycles. The summed E-state index contributed by atoms with van der Waals surface area (Å²) in [6.45, 7) is 0. The topological polar surface area (TPSA) is 133 Å². The maximum atomic E-state index is 7.64. The summed E-state index contributed by atoms with van der Waals surface area (Å²) in [6.07, 6.45) is 0. The highest BCUT2D eigenvalue weighted by Crippen LogP contribution is 2.55. The van der Waals surface area contributed by atoms with Gasteiger partial charge in [-0.1, -0.05) is 237 Å². The van der Waals surface area contributed by atoms with Gasteiger partial charge in [0.1, 0.15) is 78.0 Å². The molecule has 0 bridgehead atoms. The van der Waals surface area contributed by atoms with Crippen molar-refractivity contribution in [3.8, 4) is 73.1 Å². The highest BCUT2D eigenvalue weighted by molar-refractivity contribution is 6.42. The van der Waals surface area contributed by atoms with Crippen molar-refractivity contribution in [3.63, 3.8) is 0 Å². The van der Waals surface area contributed by atoms with Gasteiger partial charge in [-0.2, -0.15) is 0 Å². The van der Waals surface area contributed by atoms with Gasteiger partial charge in [0.05, 0.1) is 43.9 Å². The quantitative estimate of drug-likeness (QED) is 0.146. The lowest BCUT2D eigenvalue weighted by Gasteiger charge is -2.11. The number of rotatable bonds is 8. The minimum absolute atomic E-state index is 0.648. The average molecular weight is 1640 g/mol. The standard InChI is InChI=1S/C116H61N5O7/c1-3-21-62(22-4-1)63-39-47-71(48-40-63)120-87-59-68(43-52-76(87)104-108(120)113-100(81-31-13-20-38-93(81)126-113)97-78-28-10-17-35-90(78)123-110(97)104)66-45-55-96-84(57-66)102-99-80-30-12-19-37-92(80)125-112(99)105-77-53-44-69(60-88(77)121(109(105)115(102)128-96)72-51-56-94-82(61-72)73-25-9-16-34-89(73)122-94)67-46-54-95-83(58-67)101-98-79-29-11-18-36-91(79)124-111(98)103-75-27-8-15-33-86(75)119(107(103)114(101)127-95)70-49-41-65(42-50-70)116-117-85-32-14-7-26-74(85)106(118-116)64-23-5-2-6-24-64/h1-61H. The van der Waals surface area contributed by atoms with Crippen molar-refractivity contribution >= 4 is 230 Å². The summed E-state index contributed by atoms with van der Waals surface area (Å²) in [5.41, 5.74) is 29.5. The zero-order valence-corrected chi connectivity index (χ0v) is 67.8. The smallest absolute Gasteiger partial charge is 0.160 e. The summed E-state index contributed by atoms with van der Waals surface area (Å²) < 4.78 is 57.8.